The van der Waals surface area contributed by atoms with Crippen LogP contribution in [0.4, 0.5) is 0 Å². The van der Waals surface area contributed by atoms with Gasteiger partial charge >= 0.3 is 0 Å². The van der Waals surface area contributed by atoms with Gasteiger partial charge in [-0.15, -0.1) is 0 Å². The normalized spacial score (nSPS) is 11.4. The minimum atomic E-state index is 0.126. The van der Waals surface area contributed by atoms with Crippen LogP contribution in [0.15, 0.2) is 85.1 Å². The van der Waals surface area contributed by atoms with Crippen LogP contribution in [0.2, 0.25) is 5.02 Å². The molecule has 2 heterocycles. The summed E-state index contributed by atoms with van der Waals surface area (Å²) in [5.74, 6) is 0.126. The Labute approximate surface area is 248 Å². The summed E-state index contributed by atoms with van der Waals surface area (Å²) in [5, 5.41) is 5.73. The van der Waals surface area contributed by atoms with Crippen LogP contribution in [-0.4, -0.2) is 38.6 Å². The minimum absolute atomic E-state index is 0.126. The second-order valence-electron chi connectivity index (χ2n) is 11.0. The number of benzene rings is 3. The average Bonchev–Trinajstić information content (AvgIpc) is 3.50. The lowest BCUT2D eigenvalue weighted by Gasteiger charge is -2.16. The molecule has 0 aliphatic rings. The molecule has 0 unspecified atom stereocenters. The molecule has 6 heteroatoms. The van der Waals surface area contributed by atoms with Crippen molar-refractivity contribution in [2.45, 2.75) is 47.2 Å². The summed E-state index contributed by atoms with van der Waals surface area (Å²) in [7, 11) is 2.00. The van der Waals surface area contributed by atoms with Crippen molar-refractivity contribution in [3.05, 3.63) is 129 Å². The van der Waals surface area contributed by atoms with Gasteiger partial charge in [0, 0.05) is 52.4 Å². The maximum Gasteiger partial charge on any atom is 0.178 e. The maximum absolute atomic E-state index is 13.5. The highest BCUT2D eigenvalue weighted by molar-refractivity contribution is 6.30. The second kappa shape index (κ2) is 12.3. The summed E-state index contributed by atoms with van der Waals surface area (Å²) in [4.78, 5) is 15.6. The van der Waals surface area contributed by atoms with Gasteiger partial charge in [-0.25, -0.2) is 4.68 Å². The van der Waals surface area contributed by atoms with E-state index in [2.05, 4.69) is 78.9 Å². The van der Waals surface area contributed by atoms with E-state index in [0.29, 0.717) is 13.1 Å². The van der Waals surface area contributed by atoms with Gasteiger partial charge in [-0.05, 0) is 94.3 Å². The van der Waals surface area contributed by atoms with Gasteiger partial charge < -0.3 is 4.57 Å². The quantitative estimate of drug-likeness (QED) is 0.163. The van der Waals surface area contributed by atoms with E-state index in [1.54, 1.807) is 0 Å². The highest BCUT2D eigenvalue weighted by atomic mass is 35.5. The van der Waals surface area contributed by atoms with Crippen molar-refractivity contribution in [1.29, 1.82) is 0 Å². The smallest absolute Gasteiger partial charge is 0.178 e. The van der Waals surface area contributed by atoms with Crippen molar-refractivity contribution in [2.24, 2.45) is 0 Å². The molecule has 3 aromatic carbocycles. The largest absolute Gasteiger partial charge is 0.348 e. The van der Waals surface area contributed by atoms with Crippen LogP contribution in [0, 0.1) is 27.7 Å². The molecule has 0 saturated heterocycles. The Kier molecular flexibility index (Phi) is 8.57. The zero-order chi connectivity index (χ0) is 29.1. The molecule has 5 nitrogen and oxygen atoms in total. The first kappa shape index (κ1) is 28.6. The summed E-state index contributed by atoms with van der Waals surface area (Å²) in [6.07, 6.45) is 2.97. The number of aromatic nitrogens is 3. The molecule has 0 atom stereocenters. The predicted molar refractivity (Wildman–Crippen MR) is 168 cm³/mol. The molecule has 0 saturated carbocycles. The van der Waals surface area contributed by atoms with E-state index in [1.165, 1.54) is 16.7 Å². The Morgan fingerprint density at radius 1 is 0.902 bits per heavy atom. The number of likely N-dealkylation sites (N-methyl/N-ethyl adjacent to an activating group) is 1. The lowest BCUT2D eigenvalue weighted by Crippen LogP contribution is -2.26. The van der Waals surface area contributed by atoms with E-state index in [0.717, 1.165) is 57.4 Å². The highest BCUT2D eigenvalue weighted by Gasteiger charge is 2.20. The molecular weight excluding hydrogens is 528 g/mol. The summed E-state index contributed by atoms with van der Waals surface area (Å²) in [6, 6.07) is 26.6. The molecule has 0 N–H and O–H groups in total. The number of halogens is 1. The third-order valence-electron chi connectivity index (χ3n) is 7.86. The van der Waals surface area contributed by atoms with Gasteiger partial charge in [0.1, 0.15) is 0 Å². The summed E-state index contributed by atoms with van der Waals surface area (Å²) in [6.45, 7) is 10.1. The molecule has 0 aliphatic carbocycles. The lowest BCUT2D eigenvalue weighted by atomic mass is 10.0. The number of hydrogen-bond donors (Lipinski definition) is 0. The van der Waals surface area contributed by atoms with Gasteiger partial charge in [0.25, 0.3) is 0 Å². The van der Waals surface area contributed by atoms with Gasteiger partial charge in [0.2, 0.25) is 0 Å². The molecule has 210 valence electrons. The van der Waals surface area contributed by atoms with Crippen LogP contribution in [0.3, 0.4) is 0 Å². The number of carbonyl (C=O) groups excluding carboxylic acids is 1. The van der Waals surface area contributed by atoms with Gasteiger partial charge in [-0.1, -0.05) is 54.1 Å². The van der Waals surface area contributed by atoms with Gasteiger partial charge in [0.15, 0.2) is 5.78 Å². The molecule has 0 radical (unpaired) electrons. The van der Waals surface area contributed by atoms with Gasteiger partial charge in [-0.3, -0.25) is 9.69 Å². The Hall–Kier alpha value is -3.93. The van der Waals surface area contributed by atoms with Gasteiger partial charge in [0.05, 0.1) is 17.9 Å². The number of carbonyl (C=O) groups is 1. The maximum atomic E-state index is 13.5. The highest BCUT2D eigenvalue weighted by Crippen LogP contribution is 2.27. The van der Waals surface area contributed by atoms with Gasteiger partial charge in [-0.2, -0.15) is 5.10 Å². The average molecular weight is 565 g/mol. The van der Waals surface area contributed by atoms with Crippen LogP contribution in [0.5, 0.6) is 0 Å². The fourth-order valence-corrected chi connectivity index (χ4v) is 5.49. The van der Waals surface area contributed by atoms with E-state index in [-0.39, 0.29) is 5.78 Å². The van der Waals surface area contributed by atoms with E-state index < -0.39 is 0 Å². The SMILES string of the molecule is Cc1ccc(-c2nn(-c3ccccc3)cc2CN(C)CC(=O)c2cc(C)n(CCc3ccc(Cl)cc3)c2C)cc1C. The zero-order valence-electron chi connectivity index (χ0n) is 24.5. The molecule has 5 rings (SSSR count). The summed E-state index contributed by atoms with van der Waals surface area (Å²) >= 11 is 6.04. The van der Waals surface area contributed by atoms with Crippen molar-refractivity contribution in [3.63, 3.8) is 0 Å². The number of para-hydroxylation sites is 1. The monoisotopic (exact) mass is 564 g/mol. The van der Waals surface area contributed by atoms with Crippen LogP contribution >= 0.6 is 11.6 Å². The zero-order valence-corrected chi connectivity index (χ0v) is 25.2. The van der Waals surface area contributed by atoms with E-state index in [9.17, 15) is 4.79 Å². The van der Waals surface area contributed by atoms with Crippen molar-refractivity contribution < 1.29 is 4.79 Å². The molecule has 0 bridgehead atoms. The van der Waals surface area contributed by atoms with Crippen molar-refractivity contribution in [2.75, 3.05) is 13.6 Å². The fraction of sp³-hybridized carbons (Fsp3) is 0.257. The number of ketones is 1. The Morgan fingerprint density at radius 2 is 1.63 bits per heavy atom. The van der Waals surface area contributed by atoms with Crippen LogP contribution in [-0.2, 0) is 19.5 Å². The van der Waals surface area contributed by atoms with Crippen LogP contribution < -0.4 is 0 Å². The van der Waals surface area contributed by atoms with Crippen molar-refractivity contribution in [1.82, 2.24) is 19.2 Å². The first-order chi connectivity index (χ1) is 19.7. The number of nitrogens with zero attached hydrogens (tertiary/aromatic N) is 4. The van der Waals surface area contributed by atoms with E-state index >= 15 is 0 Å². The minimum Gasteiger partial charge on any atom is -0.348 e. The summed E-state index contributed by atoms with van der Waals surface area (Å²) < 4.78 is 4.17. The molecule has 41 heavy (non-hydrogen) atoms. The first-order valence-corrected chi connectivity index (χ1v) is 14.4. The van der Waals surface area contributed by atoms with Crippen molar-refractivity contribution >= 4 is 17.4 Å². The Bertz CT molecular complexity index is 1660. The first-order valence-electron chi connectivity index (χ1n) is 14.0. The Balaban J connectivity index is 1.34. The standard InChI is InChI=1S/C35H37ClN4O/c1-24-11-14-29(19-25(24)2)35-30(22-40(37-35)32-9-7-6-8-10-32)21-38(5)23-34(41)33-20-26(3)39(27(33)4)18-17-28-12-15-31(36)16-13-28/h6-16,19-20,22H,17-18,21,23H2,1-5H3. The fourth-order valence-electron chi connectivity index (χ4n) is 5.37. The van der Waals surface area contributed by atoms with Crippen LogP contribution in [0.1, 0.15) is 44.0 Å². The van der Waals surface area contributed by atoms with Crippen molar-refractivity contribution in [3.8, 4) is 16.9 Å². The molecule has 2 aromatic heterocycles. The molecule has 0 amide bonds. The lowest BCUT2D eigenvalue weighted by molar-refractivity contribution is 0.0942. The van der Waals surface area contributed by atoms with Crippen LogP contribution in [0.25, 0.3) is 16.9 Å². The molecular formula is C35H37ClN4O. The predicted octanol–water partition coefficient (Wildman–Crippen LogP) is 7.79. The molecule has 0 fully saturated rings. The third kappa shape index (κ3) is 6.53. The molecule has 5 aromatic rings. The third-order valence-corrected chi connectivity index (χ3v) is 8.11. The molecule has 0 aliphatic heterocycles. The second-order valence-corrected chi connectivity index (χ2v) is 11.4. The Morgan fingerprint density at radius 3 is 2.34 bits per heavy atom. The summed E-state index contributed by atoms with van der Waals surface area (Å²) in [5.41, 5.74) is 10.7. The number of Topliss-reactive ketones (excluding diaryl/α,β-unsaturated/α-hetero) is 1. The number of hydrogen-bond acceptors (Lipinski definition) is 3. The van der Waals surface area contributed by atoms with E-state index in [1.807, 2.05) is 55.1 Å². The molecule has 0 spiro atoms. The topological polar surface area (TPSA) is 43.1 Å². The number of aryl methyl sites for hydroxylation is 4. The van der Waals surface area contributed by atoms with E-state index in [4.69, 9.17) is 16.7 Å². The number of rotatable bonds is 10.